The minimum atomic E-state index is -1.52. The Balaban J connectivity index is 5.29. The molecule has 0 heterocycles. The Morgan fingerprint density at radius 3 is 2.00 bits per heavy atom. The van der Waals surface area contributed by atoms with E-state index in [1.54, 1.807) is 25.3 Å². The van der Waals surface area contributed by atoms with Crippen LogP contribution < -0.4 is 0 Å². The first-order valence-corrected chi connectivity index (χ1v) is 9.22. The molecule has 0 aliphatic heterocycles. The van der Waals surface area contributed by atoms with Crippen molar-refractivity contribution in [2.45, 2.75) is 58.6 Å². The van der Waals surface area contributed by atoms with Crippen molar-refractivity contribution in [2.24, 2.45) is 5.41 Å². The van der Waals surface area contributed by atoms with Crippen LogP contribution in [0.5, 0.6) is 0 Å². The van der Waals surface area contributed by atoms with E-state index in [2.05, 4.69) is 5.92 Å². The molecule has 0 N–H and O–H groups in total. The van der Waals surface area contributed by atoms with Gasteiger partial charge in [-0.05, 0) is 52.9 Å². The molecule has 0 bridgehead atoms. The van der Waals surface area contributed by atoms with Gasteiger partial charge in [-0.1, -0.05) is 6.08 Å². The number of esters is 2. The summed E-state index contributed by atoms with van der Waals surface area (Å²) >= 11 is 0. The molecule has 0 amide bonds. The molecule has 136 valence electrons. The van der Waals surface area contributed by atoms with Crippen LogP contribution in [0.4, 0.5) is 0 Å². The standard InChI is InChI=1S/C18H28O5S/c1-7-12-18(15(19)22-8-2,16(20)23-9-3)13-10-11-14-24(21)17(4,5)6/h1,11,14H,8-10,12-13H2,2-6H3/b14-11+. The summed E-state index contributed by atoms with van der Waals surface area (Å²) in [4.78, 5) is 24.7. The molecule has 0 aromatic rings. The van der Waals surface area contributed by atoms with Crippen LogP contribution in [0.2, 0.25) is 0 Å². The van der Waals surface area contributed by atoms with E-state index in [1.807, 2.05) is 20.8 Å². The Labute approximate surface area is 147 Å². The average Bonchev–Trinajstić information content (AvgIpc) is 2.49. The van der Waals surface area contributed by atoms with Crippen molar-refractivity contribution in [1.29, 1.82) is 0 Å². The van der Waals surface area contributed by atoms with E-state index < -0.39 is 28.2 Å². The first-order valence-electron chi connectivity index (χ1n) is 8.01. The van der Waals surface area contributed by atoms with Crippen molar-refractivity contribution in [3.8, 4) is 12.3 Å². The summed E-state index contributed by atoms with van der Waals surface area (Å²) < 4.78 is 21.7. The predicted molar refractivity (Wildman–Crippen MR) is 95.4 cm³/mol. The van der Waals surface area contributed by atoms with Gasteiger partial charge in [0.2, 0.25) is 0 Å². The molecule has 0 spiro atoms. The number of carbonyl (C=O) groups excluding carboxylic acids is 2. The molecule has 24 heavy (non-hydrogen) atoms. The SMILES string of the molecule is C#CCC(CC/C=C/S(=O)C(C)(C)C)(C(=O)OCC)C(=O)OCC. The fourth-order valence-corrected chi connectivity index (χ4v) is 2.64. The summed E-state index contributed by atoms with van der Waals surface area (Å²) in [5.74, 6) is 1.03. The van der Waals surface area contributed by atoms with Crippen LogP contribution in [0, 0.1) is 17.8 Å². The normalized spacial score (nSPS) is 13.3. The molecule has 0 saturated heterocycles. The zero-order valence-corrected chi connectivity index (χ0v) is 16.0. The van der Waals surface area contributed by atoms with Gasteiger partial charge in [-0.15, -0.1) is 12.3 Å². The smallest absolute Gasteiger partial charge is 0.324 e. The minimum Gasteiger partial charge on any atom is -0.465 e. The highest BCUT2D eigenvalue weighted by atomic mass is 32.2. The maximum Gasteiger partial charge on any atom is 0.324 e. The third-order valence-electron chi connectivity index (χ3n) is 3.30. The van der Waals surface area contributed by atoms with Crippen LogP contribution in [0.25, 0.3) is 0 Å². The van der Waals surface area contributed by atoms with Crippen LogP contribution in [0.15, 0.2) is 11.5 Å². The lowest BCUT2D eigenvalue weighted by Crippen LogP contribution is -2.42. The average molecular weight is 356 g/mol. The number of allylic oxidation sites excluding steroid dienone is 1. The molecule has 0 saturated carbocycles. The van der Waals surface area contributed by atoms with Crippen LogP contribution in [-0.4, -0.2) is 34.1 Å². The maximum atomic E-state index is 12.4. The Morgan fingerprint density at radius 1 is 1.12 bits per heavy atom. The molecule has 0 aromatic heterocycles. The highest BCUT2D eigenvalue weighted by molar-refractivity contribution is 7.89. The lowest BCUT2D eigenvalue weighted by atomic mass is 9.80. The summed E-state index contributed by atoms with van der Waals surface area (Å²) in [5, 5.41) is 1.58. The third-order valence-corrected chi connectivity index (χ3v) is 4.94. The molecule has 0 fully saturated rings. The molecule has 5 nitrogen and oxygen atoms in total. The molecule has 0 aromatic carbocycles. The Hall–Kier alpha value is -1.61. The van der Waals surface area contributed by atoms with E-state index in [1.165, 1.54) is 0 Å². The maximum absolute atomic E-state index is 12.4. The second-order valence-corrected chi connectivity index (χ2v) is 8.32. The van der Waals surface area contributed by atoms with Gasteiger partial charge in [-0.3, -0.25) is 13.8 Å². The van der Waals surface area contributed by atoms with E-state index in [-0.39, 0.29) is 30.8 Å². The van der Waals surface area contributed by atoms with Gasteiger partial charge in [0.15, 0.2) is 5.41 Å². The first-order chi connectivity index (χ1) is 11.2. The molecule has 0 rings (SSSR count). The topological polar surface area (TPSA) is 69.7 Å². The van der Waals surface area contributed by atoms with Crippen molar-refractivity contribution in [3.05, 3.63) is 11.5 Å². The van der Waals surface area contributed by atoms with E-state index in [0.717, 1.165) is 0 Å². The van der Waals surface area contributed by atoms with Crippen molar-refractivity contribution in [2.75, 3.05) is 13.2 Å². The van der Waals surface area contributed by atoms with Crippen LogP contribution in [0.3, 0.4) is 0 Å². The Kier molecular flexibility index (Phi) is 9.60. The van der Waals surface area contributed by atoms with E-state index in [0.29, 0.717) is 6.42 Å². The summed E-state index contributed by atoms with van der Waals surface area (Å²) in [6, 6.07) is 0. The quantitative estimate of drug-likeness (QED) is 0.361. The molecule has 0 aliphatic rings. The van der Waals surface area contributed by atoms with Crippen LogP contribution >= 0.6 is 0 Å². The highest BCUT2D eigenvalue weighted by Crippen LogP contribution is 2.32. The van der Waals surface area contributed by atoms with Crippen molar-refractivity contribution in [1.82, 2.24) is 0 Å². The summed E-state index contributed by atoms with van der Waals surface area (Å²) in [5.41, 5.74) is -1.52. The van der Waals surface area contributed by atoms with E-state index >= 15 is 0 Å². The van der Waals surface area contributed by atoms with Crippen molar-refractivity contribution >= 4 is 22.7 Å². The number of hydrogen-bond donors (Lipinski definition) is 0. The molecular formula is C18H28O5S. The fraction of sp³-hybridized carbons (Fsp3) is 0.667. The lowest BCUT2D eigenvalue weighted by Gasteiger charge is -2.27. The number of ether oxygens (including phenoxy) is 2. The highest BCUT2D eigenvalue weighted by Gasteiger charge is 2.47. The van der Waals surface area contributed by atoms with Gasteiger partial charge in [0.25, 0.3) is 0 Å². The van der Waals surface area contributed by atoms with Gasteiger partial charge in [0, 0.05) is 11.2 Å². The monoisotopic (exact) mass is 356 g/mol. The second-order valence-electron chi connectivity index (χ2n) is 6.22. The largest absolute Gasteiger partial charge is 0.465 e. The Morgan fingerprint density at radius 2 is 1.62 bits per heavy atom. The molecule has 1 atom stereocenters. The zero-order valence-electron chi connectivity index (χ0n) is 15.2. The molecule has 6 heteroatoms. The second kappa shape index (κ2) is 10.3. The third kappa shape index (κ3) is 6.48. The van der Waals surface area contributed by atoms with Gasteiger partial charge in [-0.2, -0.15) is 0 Å². The molecular weight excluding hydrogens is 328 g/mol. The summed E-state index contributed by atoms with van der Waals surface area (Å²) in [6.07, 6.45) is 7.47. The van der Waals surface area contributed by atoms with Gasteiger partial charge in [0.1, 0.15) is 0 Å². The van der Waals surface area contributed by atoms with Crippen LogP contribution in [0.1, 0.15) is 53.9 Å². The number of terminal acetylenes is 1. The first kappa shape index (κ1) is 22.4. The number of rotatable bonds is 9. The number of hydrogen-bond acceptors (Lipinski definition) is 5. The molecule has 0 aliphatic carbocycles. The zero-order chi connectivity index (χ0) is 18.8. The van der Waals surface area contributed by atoms with Gasteiger partial charge in [-0.25, -0.2) is 0 Å². The minimum absolute atomic E-state index is 0.0964. The summed E-state index contributed by atoms with van der Waals surface area (Å²) in [6.45, 7) is 9.23. The lowest BCUT2D eigenvalue weighted by molar-refractivity contribution is -0.172. The van der Waals surface area contributed by atoms with E-state index in [4.69, 9.17) is 15.9 Å². The van der Waals surface area contributed by atoms with Gasteiger partial charge in [0.05, 0.1) is 24.0 Å². The summed E-state index contributed by atoms with van der Waals surface area (Å²) in [7, 11) is -1.15. The van der Waals surface area contributed by atoms with Crippen molar-refractivity contribution in [3.63, 3.8) is 0 Å². The molecule has 1 unspecified atom stereocenters. The van der Waals surface area contributed by atoms with E-state index in [9.17, 15) is 13.8 Å². The molecule has 0 radical (unpaired) electrons. The Bertz CT molecular complexity index is 505. The van der Waals surface area contributed by atoms with Crippen molar-refractivity contribution < 1.29 is 23.3 Å². The predicted octanol–water partition coefficient (Wildman–Crippen LogP) is 2.96. The fourth-order valence-electron chi connectivity index (χ4n) is 1.92. The van der Waals surface area contributed by atoms with Gasteiger partial charge < -0.3 is 9.47 Å². The van der Waals surface area contributed by atoms with Gasteiger partial charge >= 0.3 is 11.9 Å². The van der Waals surface area contributed by atoms with Crippen LogP contribution in [-0.2, 0) is 29.9 Å². The number of carbonyl (C=O) groups is 2.